The second-order valence-corrected chi connectivity index (χ2v) is 5.51. The number of fused-ring (bicyclic) bond motifs is 1. The van der Waals surface area contributed by atoms with Crippen molar-refractivity contribution < 1.29 is 14.6 Å². The van der Waals surface area contributed by atoms with Crippen molar-refractivity contribution in [1.82, 2.24) is 4.98 Å². The highest BCUT2D eigenvalue weighted by Gasteiger charge is 2.17. The molecule has 118 valence electrons. The lowest BCUT2D eigenvalue weighted by Crippen LogP contribution is -2.01. The summed E-state index contributed by atoms with van der Waals surface area (Å²) < 4.78 is 5.56. The molecule has 0 spiro atoms. The monoisotopic (exact) mass is 309 g/mol. The number of H-pyrrole nitrogens is 1. The zero-order valence-corrected chi connectivity index (χ0v) is 13.2. The molecule has 0 saturated heterocycles. The van der Waals surface area contributed by atoms with Crippen LogP contribution in [0.5, 0.6) is 5.75 Å². The van der Waals surface area contributed by atoms with Crippen LogP contribution in [0, 0.1) is 6.92 Å². The molecule has 0 unspecified atom stereocenters. The molecule has 0 aliphatic rings. The van der Waals surface area contributed by atoms with Gasteiger partial charge >= 0.3 is 5.97 Å². The number of carboxylic acid groups (broad SMARTS) is 1. The number of aliphatic carboxylic acids is 1. The molecule has 0 radical (unpaired) electrons. The Hall–Kier alpha value is -2.75. The van der Waals surface area contributed by atoms with E-state index in [9.17, 15) is 9.90 Å². The largest absolute Gasteiger partial charge is 0.494 e. The van der Waals surface area contributed by atoms with Crippen molar-refractivity contribution >= 4 is 16.9 Å². The molecule has 3 rings (SSSR count). The maximum absolute atomic E-state index is 11.3. The fourth-order valence-electron chi connectivity index (χ4n) is 2.91. The van der Waals surface area contributed by atoms with Gasteiger partial charge in [-0.1, -0.05) is 30.3 Å². The molecule has 0 saturated carbocycles. The van der Waals surface area contributed by atoms with E-state index in [2.05, 4.69) is 4.98 Å². The predicted molar refractivity (Wildman–Crippen MR) is 91.0 cm³/mol. The van der Waals surface area contributed by atoms with Crippen LogP contribution in [0.4, 0.5) is 0 Å². The fourth-order valence-corrected chi connectivity index (χ4v) is 2.91. The minimum atomic E-state index is -0.838. The molecule has 1 heterocycles. The van der Waals surface area contributed by atoms with Gasteiger partial charge in [-0.05, 0) is 37.1 Å². The van der Waals surface area contributed by atoms with Crippen molar-refractivity contribution in [3.8, 4) is 17.0 Å². The third-order valence-corrected chi connectivity index (χ3v) is 3.91. The first-order chi connectivity index (χ1) is 11.1. The fraction of sp³-hybridized carbons (Fsp3) is 0.211. The Labute approximate surface area is 134 Å². The summed E-state index contributed by atoms with van der Waals surface area (Å²) in [5, 5.41) is 10.2. The molecule has 0 bridgehead atoms. The van der Waals surface area contributed by atoms with Crippen LogP contribution in [0.3, 0.4) is 0 Å². The minimum absolute atomic E-state index is 0.0162. The molecule has 0 aliphatic carbocycles. The summed E-state index contributed by atoms with van der Waals surface area (Å²) in [6, 6.07) is 13.7. The summed E-state index contributed by atoms with van der Waals surface area (Å²) in [4.78, 5) is 14.7. The van der Waals surface area contributed by atoms with Crippen molar-refractivity contribution in [2.24, 2.45) is 0 Å². The predicted octanol–water partition coefficient (Wildman–Crippen LogP) is 4.17. The maximum atomic E-state index is 11.3. The molecule has 0 fully saturated rings. The second-order valence-electron chi connectivity index (χ2n) is 5.51. The number of rotatable bonds is 5. The lowest BCUT2D eigenvalue weighted by molar-refractivity contribution is -0.136. The minimum Gasteiger partial charge on any atom is -0.494 e. The van der Waals surface area contributed by atoms with Gasteiger partial charge in [0.15, 0.2) is 0 Å². The topological polar surface area (TPSA) is 62.3 Å². The highest BCUT2D eigenvalue weighted by Crippen LogP contribution is 2.33. The maximum Gasteiger partial charge on any atom is 0.307 e. The third kappa shape index (κ3) is 2.93. The third-order valence-electron chi connectivity index (χ3n) is 3.91. The number of carboxylic acids is 1. The van der Waals surface area contributed by atoms with E-state index in [1.807, 2.05) is 56.3 Å². The zero-order chi connectivity index (χ0) is 16.4. The van der Waals surface area contributed by atoms with Crippen LogP contribution in [-0.4, -0.2) is 22.7 Å². The number of ether oxygens (including phenoxy) is 1. The van der Waals surface area contributed by atoms with Gasteiger partial charge in [-0.3, -0.25) is 4.79 Å². The van der Waals surface area contributed by atoms with E-state index in [1.54, 1.807) is 0 Å². The van der Waals surface area contributed by atoms with Crippen molar-refractivity contribution in [2.75, 3.05) is 6.61 Å². The number of para-hydroxylation sites is 1. The van der Waals surface area contributed by atoms with Gasteiger partial charge in [0.05, 0.1) is 18.7 Å². The molecule has 0 amide bonds. The van der Waals surface area contributed by atoms with E-state index in [-0.39, 0.29) is 6.42 Å². The first-order valence-corrected chi connectivity index (χ1v) is 7.65. The van der Waals surface area contributed by atoms with E-state index in [4.69, 9.17) is 4.74 Å². The van der Waals surface area contributed by atoms with Gasteiger partial charge in [-0.15, -0.1) is 0 Å². The van der Waals surface area contributed by atoms with Gasteiger partial charge in [0.1, 0.15) is 5.75 Å². The van der Waals surface area contributed by atoms with Crippen LogP contribution in [0.25, 0.3) is 22.2 Å². The van der Waals surface area contributed by atoms with E-state index in [0.29, 0.717) is 6.61 Å². The second kappa shape index (κ2) is 6.16. The van der Waals surface area contributed by atoms with Crippen molar-refractivity contribution in [2.45, 2.75) is 20.3 Å². The molecule has 4 heteroatoms. The standard InChI is InChI=1S/C19H19NO3/c1-3-23-14-8-5-7-13(10-14)19-16(11-17(21)22)15-9-4-6-12(2)18(15)20-19/h4-10,20H,3,11H2,1-2H3,(H,21,22). The van der Waals surface area contributed by atoms with Crippen LogP contribution in [0.15, 0.2) is 42.5 Å². The lowest BCUT2D eigenvalue weighted by atomic mass is 10.0. The Morgan fingerprint density at radius 3 is 2.74 bits per heavy atom. The van der Waals surface area contributed by atoms with Crippen molar-refractivity contribution in [1.29, 1.82) is 0 Å². The van der Waals surface area contributed by atoms with E-state index >= 15 is 0 Å². The molecule has 3 aromatic rings. The lowest BCUT2D eigenvalue weighted by Gasteiger charge is -2.07. The van der Waals surface area contributed by atoms with Gasteiger partial charge in [0.25, 0.3) is 0 Å². The molecule has 0 aliphatic heterocycles. The summed E-state index contributed by atoms with van der Waals surface area (Å²) in [5.41, 5.74) is 4.67. The number of aromatic amines is 1. The van der Waals surface area contributed by atoms with Crippen LogP contribution in [-0.2, 0) is 11.2 Å². The Morgan fingerprint density at radius 2 is 2.00 bits per heavy atom. The highest BCUT2D eigenvalue weighted by atomic mass is 16.5. The zero-order valence-electron chi connectivity index (χ0n) is 13.2. The van der Waals surface area contributed by atoms with E-state index < -0.39 is 5.97 Å². The molecule has 2 N–H and O–H groups in total. The summed E-state index contributed by atoms with van der Waals surface area (Å²) in [7, 11) is 0. The highest BCUT2D eigenvalue weighted by molar-refractivity contribution is 5.95. The number of carbonyl (C=O) groups is 1. The quantitative estimate of drug-likeness (QED) is 0.743. The van der Waals surface area contributed by atoms with Gasteiger partial charge in [-0.2, -0.15) is 0 Å². The number of nitrogens with one attached hydrogen (secondary N) is 1. The first-order valence-electron chi connectivity index (χ1n) is 7.65. The average molecular weight is 309 g/mol. The number of aromatic nitrogens is 1. The van der Waals surface area contributed by atoms with Crippen LogP contribution >= 0.6 is 0 Å². The van der Waals surface area contributed by atoms with Crippen LogP contribution in [0.1, 0.15) is 18.1 Å². The van der Waals surface area contributed by atoms with Crippen LogP contribution in [0.2, 0.25) is 0 Å². The molecule has 1 aromatic heterocycles. The van der Waals surface area contributed by atoms with Crippen molar-refractivity contribution in [3.63, 3.8) is 0 Å². The smallest absolute Gasteiger partial charge is 0.307 e. The number of hydrogen-bond donors (Lipinski definition) is 2. The summed E-state index contributed by atoms with van der Waals surface area (Å²) in [5.74, 6) is -0.0590. The molecule has 4 nitrogen and oxygen atoms in total. The Bertz CT molecular complexity index is 864. The van der Waals surface area contributed by atoms with E-state index in [1.165, 1.54) is 0 Å². The van der Waals surface area contributed by atoms with Gasteiger partial charge in [0.2, 0.25) is 0 Å². The number of aryl methyl sites for hydroxylation is 1. The molecule has 23 heavy (non-hydrogen) atoms. The SMILES string of the molecule is CCOc1cccc(-c2[nH]c3c(C)cccc3c2CC(=O)O)c1. The van der Waals surface area contributed by atoms with E-state index in [0.717, 1.165) is 39.0 Å². The van der Waals surface area contributed by atoms with Gasteiger partial charge in [0, 0.05) is 16.5 Å². The number of benzene rings is 2. The average Bonchev–Trinajstić information content (AvgIpc) is 2.88. The Kier molecular flexibility index (Phi) is 4.06. The first kappa shape index (κ1) is 15.2. The summed E-state index contributed by atoms with van der Waals surface area (Å²) in [6.45, 7) is 4.55. The molecule has 0 atom stereocenters. The molecular weight excluding hydrogens is 290 g/mol. The molecular formula is C19H19NO3. The summed E-state index contributed by atoms with van der Waals surface area (Å²) in [6.07, 6.45) is -0.0162. The summed E-state index contributed by atoms with van der Waals surface area (Å²) >= 11 is 0. The Balaban J connectivity index is 2.21. The molecule has 2 aromatic carbocycles. The van der Waals surface area contributed by atoms with Crippen molar-refractivity contribution in [3.05, 3.63) is 53.6 Å². The normalized spacial score (nSPS) is 10.9. The Morgan fingerprint density at radius 1 is 1.22 bits per heavy atom. The van der Waals surface area contributed by atoms with Gasteiger partial charge in [-0.25, -0.2) is 0 Å². The number of hydrogen-bond acceptors (Lipinski definition) is 2. The van der Waals surface area contributed by atoms with Crippen LogP contribution < -0.4 is 4.74 Å². The van der Waals surface area contributed by atoms with Gasteiger partial charge < -0.3 is 14.8 Å².